The SMILES string of the molecule is CNS(=O)(=O)c1ccc(C2=CCN3C(=O)c4cc(OC)c(OCc5cc(COc6cc7c(cc6OC)C(=O)N6CC=C(c8ccc(S(=O)(=O)NC)cc8)C[C@H]6C=N7)cc(NC(=O)[C@H](C)NC(=O)[C@@H](NC(=O)CCCCCN6C(=O)C=CC6=O)C(C)C)c5)cc4N=CC3C2)cc1. The largest absolute Gasteiger partial charge is 0.493 e. The van der Waals surface area contributed by atoms with Gasteiger partial charge in [0.2, 0.25) is 37.8 Å². The van der Waals surface area contributed by atoms with Gasteiger partial charge in [0.25, 0.3) is 23.6 Å². The zero-order valence-electron chi connectivity index (χ0n) is 53.5. The molecule has 5 aliphatic rings. The van der Waals surface area contributed by atoms with Crippen LogP contribution in [0.5, 0.6) is 23.0 Å². The molecule has 5 aliphatic heterocycles. The molecule has 498 valence electrons. The molecule has 1 unspecified atom stereocenters. The van der Waals surface area contributed by atoms with Crippen LogP contribution in [0.25, 0.3) is 11.1 Å². The molecule has 0 spiro atoms. The smallest absolute Gasteiger partial charge is 0.257 e. The Balaban J connectivity index is 0.858. The number of aliphatic imine (C=N–C) groups is 2. The van der Waals surface area contributed by atoms with Crippen molar-refractivity contribution in [2.24, 2.45) is 15.9 Å². The summed E-state index contributed by atoms with van der Waals surface area (Å²) in [5, 5.41) is 8.44. The van der Waals surface area contributed by atoms with Gasteiger partial charge in [-0.15, -0.1) is 0 Å². The highest BCUT2D eigenvalue weighted by Crippen LogP contribution is 2.42. The summed E-state index contributed by atoms with van der Waals surface area (Å²) in [5.41, 5.74) is 6.06. The van der Waals surface area contributed by atoms with Crippen molar-refractivity contribution in [3.8, 4) is 23.0 Å². The van der Waals surface area contributed by atoms with Crippen LogP contribution in [0.1, 0.15) is 102 Å². The summed E-state index contributed by atoms with van der Waals surface area (Å²) in [6.07, 6.45) is 12.2. The molecule has 5 aromatic rings. The molecule has 5 N–H and O–H groups in total. The lowest BCUT2D eigenvalue weighted by Crippen LogP contribution is -2.53. The second-order valence-corrected chi connectivity index (χ2v) is 27.3. The monoisotopic (exact) mass is 1330 g/mol. The van der Waals surface area contributed by atoms with E-state index in [1.807, 2.05) is 12.2 Å². The number of amides is 7. The van der Waals surface area contributed by atoms with Gasteiger partial charge in [-0.2, -0.15) is 0 Å². The fourth-order valence-corrected chi connectivity index (χ4v) is 13.1. The third kappa shape index (κ3) is 15.6. The van der Waals surface area contributed by atoms with Gasteiger partial charge in [-0.25, -0.2) is 26.3 Å². The molecule has 27 heteroatoms. The van der Waals surface area contributed by atoms with Crippen LogP contribution >= 0.6 is 0 Å². The van der Waals surface area contributed by atoms with E-state index in [9.17, 15) is 50.4 Å². The second kappa shape index (κ2) is 29.2. The number of nitrogens with zero attached hydrogens (tertiary/aromatic N) is 5. The van der Waals surface area contributed by atoms with Crippen LogP contribution in [-0.2, 0) is 57.2 Å². The van der Waals surface area contributed by atoms with E-state index in [2.05, 4.69) is 25.4 Å². The Morgan fingerprint density at radius 2 is 1.06 bits per heavy atom. The standard InChI is InChI=1S/C68H74N10O15S2/c1-40(2)64(75-61(79)11-9-8-10-24-78-62(80)20-21-63(78)81)66(83)73-41(3)65(82)74-48-28-42(38-92-59-34-55-53(32-57(59)90-6)67(84)76-25-22-46(30-49(76)36-71-55)44-12-16-51(17-13-44)94(86,87)69-4)27-43(29-48)39-93-60-35-56-54(33-58(60)91-7)68(85)77-26-23-47(31-50(77)37-72-56)45-14-18-52(19-15-45)95(88,89)70-5/h12-23,27-29,32-37,40-41,49-50,64,69-70H,8-11,24-26,30-31,38-39H2,1-7H3,(H,73,83)(H,74,82)(H,75,79)/t41-,49-,50?,64-/m0/s1. The maximum Gasteiger partial charge on any atom is 0.257 e. The number of nitrogens with one attached hydrogen (secondary N) is 5. The van der Waals surface area contributed by atoms with Crippen molar-refractivity contribution in [2.75, 3.05) is 53.3 Å². The predicted octanol–water partition coefficient (Wildman–Crippen LogP) is 6.78. The minimum absolute atomic E-state index is 0.0950. The molecule has 0 saturated carbocycles. The van der Waals surface area contributed by atoms with Crippen LogP contribution in [0.4, 0.5) is 17.1 Å². The minimum atomic E-state index is -3.64. The number of hydrogen-bond acceptors (Lipinski definition) is 17. The molecule has 5 aromatic carbocycles. The maximum atomic E-state index is 14.3. The fourth-order valence-electron chi connectivity index (χ4n) is 11.6. The van der Waals surface area contributed by atoms with E-state index in [1.54, 1.807) is 103 Å². The molecule has 0 fully saturated rings. The van der Waals surface area contributed by atoms with Crippen molar-refractivity contribution < 1.29 is 69.3 Å². The molecule has 25 nitrogen and oxygen atoms in total. The Hall–Kier alpha value is -9.83. The van der Waals surface area contributed by atoms with Gasteiger partial charge >= 0.3 is 0 Å². The molecule has 7 amide bonds. The van der Waals surface area contributed by atoms with Crippen LogP contribution in [0.15, 0.2) is 135 Å². The topological polar surface area (TPSA) is 319 Å². The number of rotatable bonds is 26. The second-order valence-electron chi connectivity index (χ2n) is 23.6. The third-order valence-corrected chi connectivity index (χ3v) is 19.8. The summed E-state index contributed by atoms with van der Waals surface area (Å²) in [4.78, 5) is 108. The van der Waals surface area contributed by atoms with Gasteiger partial charge in [-0.05, 0) is 141 Å². The molecule has 4 atom stereocenters. The fraction of sp³-hybridized carbons (Fsp3) is 0.338. The first kappa shape index (κ1) is 68.0. The quantitative estimate of drug-likeness (QED) is 0.0282. The van der Waals surface area contributed by atoms with Gasteiger partial charge in [0.15, 0.2) is 23.0 Å². The van der Waals surface area contributed by atoms with Gasteiger partial charge < -0.3 is 44.7 Å². The lowest BCUT2D eigenvalue weighted by molar-refractivity contribution is -0.137. The number of imide groups is 1. The van der Waals surface area contributed by atoms with Gasteiger partial charge in [0, 0.05) is 68.5 Å². The average molecular weight is 1340 g/mol. The number of methoxy groups -OCH3 is 2. The Labute approximate surface area is 550 Å². The minimum Gasteiger partial charge on any atom is -0.493 e. The van der Waals surface area contributed by atoms with E-state index in [0.29, 0.717) is 60.3 Å². The molecule has 0 saturated heterocycles. The zero-order chi connectivity index (χ0) is 67.9. The number of fused-ring (bicyclic) bond motifs is 4. The van der Waals surface area contributed by atoms with E-state index in [1.165, 1.54) is 71.7 Å². The number of sulfonamides is 2. The van der Waals surface area contributed by atoms with Gasteiger partial charge in [0.05, 0.1) is 58.6 Å². The van der Waals surface area contributed by atoms with E-state index in [0.717, 1.165) is 27.2 Å². The summed E-state index contributed by atoms with van der Waals surface area (Å²) in [6.45, 7) is 5.57. The molecule has 0 bridgehead atoms. The summed E-state index contributed by atoms with van der Waals surface area (Å²) in [7, 11) is -1.69. The van der Waals surface area contributed by atoms with Crippen LogP contribution < -0.4 is 44.3 Å². The first-order valence-electron chi connectivity index (χ1n) is 30.9. The number of hydrogen-bond donors (Lipinski definition) is 5. The van der Waals surface area contributed by atoms with Crippen LogP contribution in [-0.4, -0.2) is 157 Å². The van der Waals surface area contributed by atoms with Crippen LogP contribution in [0, 0.1) is 5.92 Å². The normalized spacial score (nSPS) is 17.3. The summed E-state index contributed by atoms with van der Waals surface area (Å²) < 4.78 is 78.8. The van der Waals surface area contributed by atoms with Gasteiger partial charge in [-0.1, -0.05) is 56.7 Å². The molecular formula is C68H74N10O15S2. The maximum absolute atomic E-state index is 14.3. The van der Waals surface area contributed by atoms with Gasteiger partial charge in [-0.3, -0.25) is 48.4 Å². The molecule has 10 rings (SSSR count). The third-order valence-electron chi connectivity index (χ3n) is 17.0. The average Bonchev–Trinajstić information content (AvgIpc) is 1.72. The summed E-state index contributed by atoms with van der Waals surface area (Å²) >= 11 is 0. The van der Waals surface area contributed by atoms with Crippen molar-refractivity contribution in [3.63, 3.8) is 0 Å². The highest BCUT2D eigenvalue weighted by atomic mass is 32.2. The van der Waals surface area contributed by atoms with Crippen molar-refractivity contribution in [2.45, 2.75) is 106 Å². The van der Waals surface area contributed by atoms with E-state index >= 15 is 0 Å². The predicted molar refractivity (Wildman–Crippen MR) is 355 cm³/mol. The van der Waals surface area contributed by atoms with E-state index < -0.39 is 56.0 Å². The zero-order valence-corrected chi connectivity index (χ0v) is 55.1. The Morgan fingerprint density at radius 3 is 1.51 bits per heavy atom. The van der Waals surface area contributed by atoms with E-state index in [4.69, 9.17) is 28.9 Å². The van der Waals surface area contributed by atoms with Crippen molar-refractivity contribution >= 4 is 102 Å². The lowest BCUT2D eigenvalue weighted by atomic mass is 9.94. The summed E-state index contributed by atoms with van der Waals surface area (Å²) in [6, 6.07) is 21.7. The summed E-state index contributed by atoms with van der Waals surface area (Å²) in [5.74, 6) is -2.24. The van der Waals surface area contributed by atoms with Crippen molar-refractivity contribution in [1.29, 1.82) is 0 Å². The first-order valence-corrected chi connectivity index (χ1v) is 33.9. The number of unbranched alkanes of at least 4 members (excludes halogenated alkanes) is 2. The van der Waals surface area contributed by atoms with Gasteiger partial charge in [0.1, 0.15) is 25.3 Å². The number of ether oxygens (including phenoxy) is 4. The van der Waals surface area contributed by atoms with Crippen molar-refractivity contribution in [3.05, 3.63) is 149 Å². The Morgan fingerprint density at radius 1 is 0.589 bits per heavy atom. The Kier molecular flexibility index (Phi) is 20.9. The lowest BCUT2D eigenvalue weighted by Gasteiger charge is -2.32. The highest BCUT2D eigenvalue weighted by molar-refractivity contribution is 7.89. The molecule has 0 radical (unpaired) electrons. The van der Waals surface area contributed by atoms with Crippen molar-refractivity contribution in [1.82, 2.24) is 34.8 Å². The molecule has 95 heavy (non-hydrogen) atoms. The van der Waals surface area contributed by atoms with Crippen LogP contribution in [0.3, 0.4) is 0 Å². The number of carbonyl (C=O) groups excluding carboxylic acids is 7. The number of anilines is 1. The van der Waals surface area contributed by atoms with E-state index in [-0.39, 0.29) is 119 Å². The molecule has 0 aliphatic carbocycles. The number of carbonyl (C=O) groups is 7. The highest BCUT2D eigenvalue weighted by Gasteiger charge is 2.35. The Bertz CT molecular complexity index is 4030. The van der Waals surface area contributed by atoms with Crippen LogP contribution in [0.2, 0.25) is 0 Å². The molecular weight excluding hydrogens is 1260 g/mol. The molecule has 0 aromatic heterocycles. The first-order chi connectivity index (χ1) is 45.5. The molecule has 5 heterocycles. The number of benzene rings is 5.